The minimum atomic E-state index is -1.02. The number of ether oxygens (including phenoxy) is 2. The Morgan fingerprint density at radius 1 is 1.24 bits per heavy atom. The molecule has 5 rings (SSSR count). The number of anilines is 2. The van der Waals surface area contributed by atoms with Gasteiger partial charge in [-0.05, 0) is 55.2 Å². The van der Waals surface area contributed by atoms with Gasteiger partial charge in [0.2, 0.25) is 5.95 Å². The number of carbonyl (C=O) groups is 2. The summed E-state index contributed by atoms with van der Waals surface area (Å²) in [7, 11) is 2.81. The molecule has 11 nitrogen and oxygen atoms in total. The monoisotopic (exact) mass is 466 g/mol. The largest absolute Gasteiger partial charge is 0.496 e. The fourth-order valence-corrected chi connectivity index (χ4v) is 4.77. The Morgan fingerprint density at radius 2 is 2.03 bits per heavy atom. The Labute approximate surface area is 195 Å². The van der Waals surface area contributed by atoms with Crippen LogP contribution in [0.1, 0.15) is 41.6 Å². The summed E-state index contributed by atoms with van der Waals surface area (Å²) in [5, 5.41) is 19.8. The molecule has 0 radical (unpaired) electrons. The normalized spacial score (nSPS) is 16.2. The van der Waals surface area contributed by atoms with Crippen molar-refractivity contribution in [2.75, 3.05) is 31.4 Å². The Balaban J connectivity index is 1.47. The first kappa shape index (κ1) is 21.9. The second-order valence-electron chi connectivity index (χ2n) is 9.04. The lowest BCUT2D eigenvalue weighted by molar-refractivity contribution is 0.0696. The van der Waals surface area contributed by atoms with Crippen LogP contribution in [0.4, 0.5) is 16.6 Å². The molecule has 11 heteroatoms. The zero-order valence-corrected chi connectivity index (χ0v) is 19.0. The number of carboxylic acid groups (broad SMARTS) is 1. The fourth-order valence-electron chi connectivity index (χ4n) is 4.77. The molecule has 0 saturated heterocycles. The van der Waals surface area contributed by atoms with Gasteiger partial charge < -0.3 is 19.9 Å². The van der Waals surface area contributed by atoms with Gasteiger partial charge in [-0.2, -0.15) is 10.1 Å². The van der Waals surface area contributed by atoms with E-state index in [-0.39, 0.29) is 18.1 Å². The lowest BCUT2D eigenvalue weighted by Crippen LogP contribution is -2.31. The zero-order chi connectivity index (χ0) is 23.9. The molecule has 1 aromatic carbocycles. The summed E-state index contributed by atoms with van der Waals surface area (Å²) < 4.78 is 11.8. The molecule has 2 fully saturated rings. The minimum absolute atomic E-state index is 0.110. The third-order valence-corrected chi connectivity index (χ3v) is 6.69. The quantitative estimate of drug-likeness (QED) is 0.456. The molecule has 2 saturated carbocycles. The maximum absolute atomic E-state index is 11.7. The number of rotatable bonds is 8. The molecule has 2 aromatic heterocycles. The van der Waals surface area contributed by atoms with Crippen molar-refractivity contribution in [3.05, 3.63) is 35.5 Å². The highest BCUT2D eigenvalue weighted by molar-refractivity contribution is 5.90. The van der Waals surface area contributed by atoms with Crippen molar-refractivity contribution in [1.82, 2.24) is 19.7 Å². The average molecular weight is 466 g/mol. The summed E-state index contributed by atoms with van der Waals surface area (Å²) in [4.78, 5) is 32.1. The highest BCUT2D eigenvalue weighted by Gasteiger charge is 2.52. The van der Waals surface area contributed by atoms with E-state index in [0.29, 0.717) is 39.5 Å². The van der Waals surface area contributed by atoms with Crippen molar-refractivity contribution >= 4 is 34.9 Å². The first-order valence-corrected chi connectivity index (χ1v) is 11.1. The van der Waals surface area contributed by atoms with E-state index >= 15 is 0 Å². The molecule has 1 spiro atoms. The van der Waals surface area contributed by atoms with Crippen LogP contribution in [-0.4, -0.2) is 57.7 Å². The lowest BCUT2D eigenvalue weighted by Gasteiger charge is -2.36. The van der Waals surface area contributed by atoms with E-state index < -0.39 is 12.1 Å². The van der Waals surface area contributed by atoms with E-state index in [9.17, 15) is 14.7 Å². The van der Waals surface area contributed by atoms with Crippen molar-refractivity contribution in [2.24, 2.45) is 11.3 Å². The predicted octanol–water partition coefficient (Wildman–Crippen LogP) is 3.36. The number of nitrogens with one attached hydrogen (secondary N) is 2. The first-order chi connectivity index (χ1) is 16.4. The molecule has 0 unspecified atom stereocenters. The van der Waals surface area contributed by atoms with Gasteiger partial charge in [-0.25, -0.2) is 14.6 Å². The maximum atomic E-state index is 11.7. The average Bonchev–Trinajstić information content (AvgIpc) is 3.51. The van der Waals surface area contributed by atoms with Crippen LogP contribution < -0.4 is 15.4 Å². The van der Waals surface area contributed by atoms with Crippen molar-refractivity contribution in [1.29, 1.82) is 0 Å². The van der Waals surface area contributed by atoms with Gasteiger partial charge in [-0.1, -0.05) is 0 Å². The number of carboxylic acids is 1. The van der Waals surface area contributed by atoms with Gasteiger partial charge in [0.05, 0.1) is 32.5 Å². The number of fused-ring (bicyclic) bond motifs is 1. The van der Waals surface area contributed by atoms with Crippen molar-refractivity contribution in [3.8, 4) is 5.75 Å². The summed E-state index contributed by atoms with van der Waals surface area (Å²) in [5.74, 6) is 0.760. The Bertz CT molecular complexity index is 1260. The van der Waals surface area contributed by atoms with Gasteiger partial charge in [0, 0.05) is 12.1 Å². The zero-order valence-electron chi connectivity index (χ0n) is 19.0. The van der Waals surface area contributed by atoms with E-state index in [2.05, 4.69) is 30.4 Å². The molecular weight excluding hydrogens is 440 g/mol. The molecule has 34 heavy (non-hydrogen) atoms. The van der Waals surface area contributed by atoms with Gasteiger partial charge in [-0.3, -0.25) is 10.00 Å². The highest BCUT2D eigenvalue weighted by Crippen LogP contribution is 2.63. The van der Waals surface area contributed by atoms with E-state index in [1.54, 1.807) is 23.0 Å². The van der Waals surface area contributed by atoms with Crippen molar-refractivity contribution in [2.45, 2.75) is 32.2 Å². The molecule has 0 bridgehead atoms. The Kier molecular flexibility index (Phi) is 5.46. The standard InChI is InChI=1S/C23H26N6O5/c1-33-17-4-3-14(20(30)31)7-15(17)12-29-18-16(11-25-29)26-21(28-22(32)34-2)27-19(18)24-10-13-8-23(9-13)5-6-23/h3-4,7,11,13H,5-6,8-10,12H2,1-2H3,(H,30,31)(H2,24,26,27,28,32). The Morgan fingerprint density at radius 3 is 2.71 bits per heavy atom. The molecule has 2 heterocycles. The summed E-state index contributed by atoms with van der Waals surface area (Å²) in [5.41, 5.74) is 2.59. The lowest BCUT2D eigenvalue weighted by atomic mass is 9.72. The number of nitrogens with zero attached hydrogens (tertiary/aromatic N) is 4. The molecule has 2 aliphatic rings. The van der Waals surface area contributed by atoms with Crippen molar-refractivity contribution < 1.29 is 24.2 Å². The van der Waals surface area contributed by atoms with Gasteiger partial charge in [0.1, 0.15) is 16.8 Å². The number of carbonyl (C=O) groups excluding carboxylic acids is 1. The molecule has 178 valence electrons. The SMILES string of the molecule is COC(=O)Nc1nc(NCC2CC3(CC3)C2)c2c(cnn2Cc2cc(C(=O)O)ccc2OC)n1. The number of aromatic nitrogens is 4. The summed E-state index contributed by atoms with van der Waals surface area (Å²) in [6.07, 6.45) is 6.03. The number of hydrogen-bond donors (Lipinski definition) is 3. The van der Waals surface area contributed by atoms with Gasteiger partial charge >= 0.3 is 12.1 Å². The molecule has 1 amide bonds. The molecular formula is C23H26N6O5. The van der Waals surface area contributed by atoms with Gasteiger partial charge in [0.25, 0.3) is 0 Å². The van der Waals surface area contributed by atoms with Crippen molar-refractivity contribution in [3.63, 3.8) is 0 Å². The van der Waals surface area contributed by atoms with Crippen LogP contribution in [0.3, 0.4) is 0 Å². The van der Waals surface area contributed by atoms with E-state index in [4.69, 9.17) is 4.74 Å². The third-order valence-electron chi connectivity index (χ3n) is 6.69. The van der Waals surface area contributed by atoms with Crippen LogP contribution in [0.2, 0.25) is 0 Å². The molecule has 0 aliphatic heterocycles. The highest BCUT2D eigenvalue weighted by atomic mass is 16.5. The Hall–Kier alpha value is -3.89. The van der Waals surface area contributed by atoms with E-state index in [1.165, 1.54) is 46.0 Å². The van der Waals surface area contributed by atoms with E-state index in [0.717, 1.165) is 6.54 Å². The summed E-state index contributed by atoms with van der Waals surface area (Å²) in [6.45, 7) is 1.01. The minimum Gasteiger partial charge on any atom is -0.496 e. The topological polar surface area (TPSA) is 140 Å². The molecule has 3 aromatic rings. The number of amides is 1. The molecule has 3 N–H and O–H groups in total. The van der Waals surface area contributed by atoms with Crippen LogP contribution in [0, 0.1) is 11.3 Å². The van der Waals surface area contributed by atoms with Gasteiger partial charge in [-0.15, -0.1) is 0 Å². The van der Waals surface area contributed by atoms with Gasteiger partial charge in [0.15, 0.2) is 5.82 Å². The smallest absolute Gasteiger partial charge is 0.413 e. The number of hydrogen-bond acceptors (Lipinski definition) is 8. The second kappa shape index (κ2) is 8.47. The number of aromatic carboxylic acids is 1. The molecule has 0 atom stereocenters. The first-order valence-electron chi connectivity index (χ1n) is 11.1. The third kappa shape index (κ3) is 4.20. The number of benzene rings is 1. The summed E-state index contributed by atoms with van der Waals surface area (Å²) in [6, 6.07) is 4.69. The van der Waals surface area contributed by atoms with E-state index in [1.807, 2.05) is 0 Å². The van der Waals surface area contributed by atoms with Crippen LogP contribution in [-0.2, 0) is 11.3 Å². The maximum Gasteiger partial charge on any atom is 0.413 e. The van der Waals surface area contributed by atoms with Crippen LogP contribution in [0.15, 0.2) is 24.4 Å². The fraction of sp³-hybridized carbons (Fsp3) is 0.435. The number of methoxy groups -OCH3 is 2. The van der Waals surface area contributed by atoms with Crippen LogP contribution in [0.25, 0.3) is 11.0 Å². The summed E-state index contributed by atoms with van der Waals surface area (Å²) >= 11 is 0. The predicted molar refractivity (Wildman–Crippen MR) is 123 cm³/mol. The second-order valence-corrected chi connectivity index (χ2v) is 9.04. The van der Waals surface area contributed by atoms with Crippen LogP contribution in [0.5, 0.6) is 5.75 Å². The molecule has 2 aliphatic carbocycles. The van der Waals surface area contributed by atoms with Crippen LogP contribution >= 0.6 is 0 Å².